The topological polar surface area (TPSA) is 104 Å². The summed E-state index contributed by atoms with van der Waals surface area (Å²) in [5.41, 5.74) is 3.46. The van der Waals surface area contributed by atoms with Gasteiger partial charge >= 0.3 is 8.03 Å². The van der Waals surface area contributed by atoms with Gasteiger partial charge in [0.2, 0.25) is 5.30 Å². The van der Waals surface area contributed by atoms with E-state index in [1.165, 1.54) is 0 Å². The van der Waals surface area contributed by atoms with Crippen LogP contribution in [0.2, 0.25) is 0 Å². The molecule has 0 aliphatic rings. The van der Waals surface area contributed by atoms with Gasteiger partial charge in [-0.15, -0.1) is 4.52 Å². The standard InChI is InChI=1S/C21H22BrN2O2P.C13H12Br2N2.C8H10O2P/c1-4-26-27(25,16-10-6-5-7-11-16)20-15-9-13-18(24-20)21(2,3)17-12-8-14-19(22)23-17;1-13(2,9-5-3-7-11(14)16-9)10-6-4-8-12(15)17-10;1-2-10-11(9)8-6-4-3-5-7-8/h5-15H,4H2,1-3H3;3-8H,1-2H3;3-7H,2H2,1H3/q;;+1. The van der Waals surface area contributed by atoms with E-state index in [1.54, 1.807) is 18.2 Å². The zero-order valence-electron chi connectivity index (χ0n) is 31.6. The van der Waals surface area contributed by atoms with Crippen LogP contribution in [0.25, 0.3) is 0 Å². The van der Waals surface area contributed by atoms with Gasteiger partial charge in [-0.2, -0.15) is 0 Å². The molecule has 0 saturated carbocycles. The van der Waals surface area contributed by atoms with Gasteiger partial charge in [-0.1, -0.05) is 60.7 Å². The molecule has 0 amide bonds. The van der Waals surface area contributed by atoms with Gasteiger partial charge < -0.3 is 4.52 Å². The monoisotopic (exact) mass is 967 g/mol. The van der Waals surface area contributed by atoms with E-state index in [4.69, 9.17) is 14.0 Å². The van der Waals surface area contributed by atoms with Crippen molar-refractivity contribution in [2.24, 2.45) is 0 Å². The number of rotatable bonds is 11. The Morgan fingerprint density at radius 3 is 1.35 bits per heavy atom. The molecule has 13 heteroatoms. The fourth-order valence-electron chi connectivity index (χ4n) is 5.29. The summed E-state index contributed by atoms with van der Waals surface area (Å²) in [7, 11) is -4.89. The SMILES string of the molecule is CC(C)(c1cccc(Br)n1)c1cccc(Br)n1.CCOP(=O)(c1ccccc1)c1cccc(C(C)(C)c2cccc(Br)n2)n1.CCO[P+](=O)c1ccccc1. The zero-order valence-corrected chi connectivity index (χ0v) is 38.1. The van der Waals surface area contributed by atoms with Crippen molar-refractivity contribution < 1.29 is 18.2 Å². The second-order valence-electron chi connectivity index (χ2n) is 13.0. The van der Waals surface area contributed by atoms with E-state index in [9.17, 15) is 9.13 Å². The summed E-state index contributed by atoms with van der Waals surface area (Å²) in [6.07, 6.45) is 0. The molecule has 286 valence electrons. The fourth-order valence-corrected chi connectivity index (χ4v) is 9.11. The molecule has 0 saturated heterocycles. The molecular formula is C42H44Br3N4O4P2+. The van der Waals surface area contributed by atoms with Crippen LogP contribution in [0, 0.1) is 0 Å². The molecular weight excluding hydrogens is 926 g/mol. The second-order valence-corrected chi connectivity index (χ2v) is 19.0. The lowest BCUT2D eigenvalue weighted by Crippen LogP contribution is -2.27. The zero-order chi connectivity index (χ0) is 40.1. The van der Waals surface area contributed by atoms with Crippen molar-refractivity contribution in [1.82, 2.24) is 19.9 Å². The van der Waals surface area contributed by atoms with E-state index in [1.807, 2.05) is 129 Å². The predicted molar refractivity (Wildman–Crippen MR) is 235 cm³/mol. The Morgan fingerprint density at radius 1 is 0.545 bits per heavy atom. The van der Waals surface area contributed by atoms with Crippen molar-refractivity contribution in [1.29, 1.82) is 0 Å². The van der Waals surface area contributed by atoms with Gasteiger partial charge in [0.15, 0.2) is 0 Å². The minimum absolute atomic E-state index is 0.215. The summed E-state index contributed by atoms with van der Waals surface area (Å²) >= 11 is 10.2. The lowest BCUT2D eigenvalue weighted by atomic mass is 9.85. The maximum absolute atomic E-state index is 13.8. The molecule has 2 unspecified atom stereocenters. The molecule has 8 nitrogen and oxygen atoms in total. The number of hydrogen-bond acceptors (Lipinski definition) is 8. The number of benzene rings is 2. The van der Waals surface area contributed by atoms with Crippen molar-refractivity contribution in [2.45, 2.75) is 52.4 Å². The van der Waals surface area contributed by atoms with E-state index >= 15 is 0 Å². The normalized spacial score (nSPS) is 12.6. The average molecular weight is 970 g/mol. The molecule has 4 heterocycles. The van der Waals surface area contributed by atoms with Crippen molar-refractivity contribution in [2.75, 3.05) is 13.2 Å². The summed E-state index contributed by atoms with van der Waals surface area (Å²) in [5.74, 6) is 0. The van der Waals surface area contributed by atoms with Crippen molar-refractivity contribution in [3.8, 4) is 0 Å². The number of aromatic nitrogens is 4. The Morgan fingerprint density at radius 2 is 0.945 bits per heavy atom. The highest BCUT2D eigenvalue weighted by atomic mass is 79.9. The molecule has 0 bridgehead atoms. The van der Waals surface area contributed by atoms with E-state index < -0.39 is 20.8 Å². The van der Waals surface area contributed by atoms with Crippen LogP contribution in [-0.2, 0) is 29.0 Å². The van der Waals surface area contributed by atoms with Crippen molar-refractivity contribution in [3.05, 3.63) is 170 Å². The van der Waals surface area contributed by atoms with Crippen LogP contribution < -0.4 is 16.0 Å². The Hall–Kier alpha value is -3.27. The van der Waals surface area contributed by atoms with Gasteiger partial charge in [-0.3, -0.25) is 4.57 Å². The lowest BCUT2D eigenvalue weighted by molar-refractivity contribution is 0.347. The second kappa shape index (κ2) is 20.8. The fraction of sp³-hybridized carbons (Fsp3) is 0.238. The maximum atomic E-state index is 13.8. The van der Waals surface area contributed by atoms with Crippen LogP contribution >= 0.6 is 63.2 Å². The van der Waals surface area contributed by atoms with Gasteiger partial charge in [-0.05, 0) is 167 Å². The highest BCUT2D eigenvalue weighted by molar-refractivity contribution is 9.11. The first-order chi connectivity index (χ1) is 26.2. The molecule has 0 radical (unpaired) electrons. The number of pyridine rings is 4. The molecule has 6 aromatic rings. The van der Waals surface area contributed by atoms with Crippen LogP contribution in [0.3, 0.4) is 0 Å². The molecule has 0 aliphatic carbocycles. The van der Waals surface area contributed by atoms with Gasteiger partial charge in [0.05, 0.1) is 29.4 Å². The highest BCUT2D eigenvalue weighted by Gasteiger charge is 2.33. The van der Waals surface area contributed by atoms with Gasteiger partial charge in [-0.25, -0.2) is 19.9 Å². The third kappa shape index (κ3) is 12.1. The first-order valence-corrected chi connectivity index (χ1v) is 22.7. The molecule has 0 aliphatic heterocycles. The maximum Gasteiger partial charge on any atom is 0.548 e. The summed E-state index contributed by atoms with van der Waals surface area (Å²) in [4.78, 5) is 18.4. The van der Waals surface area contributed by atoms with Crippen molar-refractivity contribution >= 4 is 79.2 Å². The molecule has 55 heavy (non-hydrogen) atoms. The number of halogens is 3. The average Bonchev–Trinajstić information content (AvgIpc) is 3.19. The minimum atomic E-state index is -3.26. The molecule has 0 fully saturated rings. The van der Waals surface area contributed by atoms with Crippen LogP contribution in [0.4, 0.5) is 0 Å². The molecule has 0 N–H and O–H groups in total. The Labute approximate surface area is 350 Å². The Balaban J connectivity index is 0.000000204. The van der Waals surface area contributed by atoms with Crippen LogP contribution in [0.5, 0.6) is 0 Å². The first-order valence-electron chi connectivity index (χ1n) is 17.5. The molecule has 4 aromatic heterocycles. The largest absolute Gasteiger partial charge is 0.548 e. The lowest BCUT2D eigenvalue weighted by Gasteiger charge is -2.25. The summed E-state index contributed by atoms with van der Waals surface area (Å²) < 4.78 is 38.1. The Bertz CT molecular complexity index is 2160. The van der Waals surface area contributed by atoms with Gasteiger partial charge in [0, 0.05) is 16.1 Å². The number of nitrogens with zero attached hydrogens (tertiary/aromatic N) is 4. The van der Waals surface area contributed by atoms with E-state index in [-0.39, 0.29) is 5.41 Å². The highest BCUT2D eigenvalue weighted by Crippen LogP contribution is 2.44. The van der Waals surface area contributed by atoms with Gasteiger partial charge in [0.25, 0.3) is 7.37 Å². The van der Waals surface area contributed by atoms with Gasteiger partial charge in [0.1, 0.15) is 25.9 Å². The van der Waals surface area contributed by atoms with Crippen LogP contribution in [0.1, 0.15) is 64.3 Å². The summed E-state index contributed by atoms with van der Waals surface area (Å²) in [6, 6.07) is 41.7. The van der Waals surface area contributed by atoms with E-state index in [0.717, 1.165) is 41.9 Å². The van der Waals surface area contributed by atoms with Crippen LogP contribution in [0.15, 0.2) is 147 Å². The number of hydrogen-bond donors (Lipinski definition) is 0. The smallest absolute Gasteiger partial charge is 0.321 e. The molecule has 6 rings (SSSR count). The molecule has 2 atom stereocenters. The summed E-state index contributed by atoms with van der Waals surface area (Å²) in [5, 5.41) is 1.40. The third-order valence-electron chi connectivity index (χ3n) is 8.36. The van der Waals surface area contributed by atoms with Crippen LogP contribution in [-0.4, -0.2) is 33.1 Å². The Kier molecular flexibility index (Phi) is 16.8. The molecule has 0 spiro atoms. The predicted octanol–water partition coefficient (Wildman–Crippen LogP) is 11.2. The van der Waals surface area contributed by atoms with Crippen molar-refractivity contribution in [3.63, 3.8) is 0 Å². The van der Waals surface area contributed by atoms with E-state index in [0.29, 0.717) is 24.0 Å². The van der Waals surface area contributed by atoms with E-state index in [2.05, 4.69) is 90.4 Å². The minimum Gasteiger partial charge on any atom is -0.321 e. The summed E-state index contributed by atoms with van der Waals surface area (Å²) in [6.45, 7) is 12.9. The first kappa shape index (κ1) is 44.4. The molecule has 2 aromatic carbocycles. The quantitative estimate of drug-likeness (QED) is 0.0934. The third-order valence-corrected chi connectivity index (χ3v) is 13.4.